The second kappa shape index (κ2) is 6.42. The van der Waals surface area contributed by atoms with Gasteiger partial charge in [0.05, 0.1) is 18.6 Å². The monoisotopic (exact) mass is 375 g/mol. The van der Waals surface area contributed by atoms with Gasteiger partial charge in [-0.3, -0.25) is 14.3 Å². The molecule has 3 heterocycles. The smallest absolute Gasteiger partial charge is 0.329 e. The first kappa shape index (κ1) is 16.2. The molecular weight excluding hydrogens is 365 g/mol. The van der Waals surface area contributed by atoms with Crippen molar-refractivity contribution in [2.45, 2.75) is 19.4 Å². The maximum Gasteiger partial charge on any atom is 0.329 e. The van der Waals surface area contributed by atoms with Gasteiger partial charge < -0.3 is 4.74 Å². The Kier molecular flexibility index (Phi) is 4.51. The van der Waals surface area contributed by atoms with Crippen LogP contribution in [0, 0.1) is 5.13 Å². The van der Waals surface area contributed by atoms with Crippen LogP contribution in [0.25, 0.3) is 6.20 Å². The van der Waals surface area contributed by atoms with Crippen molar-refractivity contribution in [1.82, 2.24) is 9.36 Å². The van der Waals surface area contributed by atoms with E-state index in [2.05, 4.69) is 9.73 Å². The number of hydrogen-bond acceptors (Lipinski definition) is 6. The van der Waals surface area contributed by atoms with E-state index in [0.29, 0.717) is 16.2 Å². The summed E-state index contributed by atoms with van der Waals surface area (Å²) in [5.74, 6) is -0.509. The van der Waals surface area contributed by atoms with Crippen LogP contribution >= 0.6 is 34.3 Å². The lowest BCUT2D eigenvalue weighted by Crippen LogP contribution is -2.25. The minimum absolute atomic E-state index is 0.0535. The molecule has 0 N–H and O–H groups in total. The topological polar surface area (TPSA) is 65.6 Å². The first-order valence-electron chi connectivity index (χ1n) is 6.58. The van der Waals surface area contributed by atoms with E-state index in [4.69, 9.17) is 11.6 Å². The summed E-state index contributed by atoms with van der Waals surface area (Å²) in [6, 6.07) is 0. The summed E-state index contributed by atoms with van der Waals surface area (Å²) in [6.45, 7) is 0.576. The zero-order valence-electron chi connectivity index (χ0n) is 11.9. The third-order valence-electron chi connectivity index (χ3n) is 3.19. The molecule has 0 radical (unpaired) electrons. The average Bonchev–Trinajstić information content (AvgIpc) is 3.00. The standard InChI is InChI=1S/C13H11ClFN3O3S2/c1-21-8(19)6-7-9(14)10(11(15)22-7)16-12-17-4-2-3-5-18(17)13(20)23-12/h3,5H,2,4,6H2,1H3. The Balaban J connectivity index is 2.09. The van der Waals surface area contributed by atoms with Crippen LogP contribution in [0.2, 0.25) is 5.02 Å². The molecule has 0 aromatic carbocycles. The minimum atomic E-state index is -0.597. The molecule has 0 saturated heterocycles. The fourth-order valence-electron chi connectivity index (χ4n) is 2.09. The molecule has 10 heteroatoms. The van der Waals surface area contributed by atoms with E-state index in [9.17, 15) is 14.0 Å². The molecule has 0 aliphatic carbocycles. The second-order valence-electron chi connectivity index (χ2n) is 4.62. The Labute approximate surface area is 142 Å². The third-order valence-corrected chi connectivity index (χ3v) is 5.53. The predicted octanol–water partition coefficient (Wildman–Crippen LogP) is 2.39. The summed E-state index contributed by atoms with van der Waals surface area (Å²) in [6.07, 6.45) is 4.18. The number of aromatic nitrogens is 2. The molecule has 6 nitrogen and oxygen atoms in total. The number of ether oxygens (including phenoxy) is 1. The molecule has 2 aromatic heterocycles. The highest BCUT2D eigenvalue weighted by Crippen LogP contribution is 2.38. The predicted molar refractivity (Wildman–Crippen MR) is 86.7 cm³/mol. The van der Waals surface area contributed by atoms with Crippen LogP contribution in [0.15, 0.2) is 15.9 Å². The normalized spacial score (nSPS) is 14.1. The summed E-state index contributed by atoms with van der Waals surface area (Å²) in [5, 5.41) is -0.523. The van der Waals surface area contributed by atoms with E-state index in [0.717, 1.165) is 29.1 Å². The van der Waals surface area contributed by atoms with E-state index in [1.54, 1.807) is 10.9 Å². The first-order valence-corrected chi connectivity index (χ1v) is 8.59. The van der Waals surface area contributed by atoms with Crippen LogP contribution in [-0.4, -0.2) is 22.4 Å². The summed E-state index contributed by atoms with van der Waals surface area (Å²) < 4.78 is 21.8. The second-order valence-corrected chi connectivity index (χ2v) is 6.97. The Bertz CT molecular complexity index is 922. The molecule has 0 atom stereocenters. The van der Waals surface area contributed by atoms with Gasteiger partial charge in [-0.2, -0.15) is 4.39 Å². The van der Waals surface area contributed by atoms with E-state index < -0.39 is 11.1 Å². The molecule has 0 amide bonds. The molecular formula is C13H11ClFN3O3S2. The van der Waals surface area contributed by atoms with Gasteiger partial charge in [-0.1, -0.05) is 17.7 Å². The third kappa shape index (κ3) is 3.04. The summed E-state index contributed by atoms with van der Waals surface area (Å²) in [5.41, 5.74) is -0.0535. The molecule has 3 rings (SSSR count). The number of fused-ring (bicyclic) bond motifs is 1. The first-order chi connectivity index (χ1) is 11.0. The maximum absolute atomic E-state index is 14.1. The SMILES string of the molecule is COC(=O)Cc1sc(F)c(N=c2sc(=O)n3n2CCC=C3)c1Cl. The number of methoxy groups -OCH3 is 1. The molecule has 2 aromatic rings. The van der Waals surface area contributed by atoms with Crippen LogP contribution in [0.1, 0.15) is 11.3 Å². The van der Waals surface area contributed by atoms with Crippen molar-refractivity contribution in [2.24, 2.45) is 4.99 Å². The Hall–Kier alpha value is -1.71. The number of carbonyl (C=O) groups is 1. The number of rotatable bonds is 3. The van der Waals surface area contributed by atoms with Crippen molar-refractivity contribution in [3.05, 3.63) is 35.6 Å². The van der Waals surface area contributed by atoms with E-state index in [1.807, 2.05) is 6.08 Å². The van der Waals surface area contributed by atoms with Gasteiger partial charge in [0.25, 0.3) is 0 Å². The quantitative estimate of drug-likeness (QED) is 0.774. The molecule has 23 heavy (non-hydrogen) atoms. The van der Waals surface area contributed by atoms with E-state index >= 15 is 0 Å². The zero-order chi connectivity index (χ0) is 16.6. The lowest BCUT2D eigenvalue weighted by molar-refractivity contribution is -0.139. The number of thiophene rings is 1. The highest BCUT2D eigenvalue weighted by atomic mass is 35.5. The van der Waals surface area contributed by atoms with Gasteiger partial charge in [-0.15, -0.1) is 11.3 Å². The fourth-order valence-corrected chi connectivity index (χ4v) is 4.12. The van der Waals surface area contributed by atoms with Crippen molar-refractivity contribution < 1.29 is 13.9 Å². The number of carbonyl (C=O) groups excluding carboxylic acids is 1. The van der Waals surface area contributed by atoms with Crippen molar-refractivity contribution in [3.63, 3.8) is 0 Å². The summed E-state index contributed by atoms with van der Waals surface area (Å²) in [7, 11) is 1.25. The van der Waals surface area contributed by atoms with Gasteiger partial charge in [0.2, 0.25) is 9.93 Å². The van der Waals surface area contributed by atoms with Gasteiger partial charge in [-0.25, -0.2) is 9.67 Å². The van der Waals surface area contributed by atoms with Crippen LogP contribution in [0.4, 0.5) is 10.1 Å². The van der Waals surface area contributed by atoms with Gasteiger partial charge in [-0.05, 0) is 17.8 Å². The number of halogens is 2. The van der Waals surface area contributed by atoms with Crippen molar-refractivity contribution >= 4 is 52.1 Å². The molecule has 0 fully saturated rings. The molecule has 122 valence electrons. The summed E-state index contributed by atoms with van der Waals surface area (Å²) in [4.78, 5) is 27.9. The van der Waals surface area contributed by atoms with Crippen LogP contribution in [0.3, 0.4) is 0 Å². The number of hydrogen-bond donors (Lipinski definition) is 0. The lowest BCUT2D eigenvalue weighted by Gasteiger charge is -2.09. The van der Waals surface area contributed by atoms with Gasteiger partial charge in [0.1, 0.15) is 5.69 Å². The molecule has 1 aliphatic rings. The summed E-state index contributed by atoms with van der Waals surface area (Å²) >= 11 is 7.80. The highest BCUT2D eigenvalue weighted by molar-refractivity contribution is 7.11. The maximum atomic E-state index is 14.1. The van der Waals surface area contributed by atoms with E-state index in [-0.39, 0.29) is 22.0 Å². The molecule has 0 spiro atoms. The largest absolute Gasteiger partial charge is 0.469 e. The fraction of sp³-hybridized carbons (Fsp3) is 0.308. The zero-order valence-corrected chi connectivity index (χ0v) is 14.3. The molecule has 0 unspecified atom stereocenters. The Morgan fingerprint density at radius 3 is 3.04 bits per heavy atom. The molecule has 1 aliphatic heterocycles. The van der Waals surface area contributed by atoms with Crippen molar-refractivity contribution in [3.8, 4) is 0 Å². The number of allylic oxidation sites excluding steroid dienone is 1. The van der Waals surface area contributed by atoms with E-state index in [1.165, 1.54) is 11.8 Å². The average molecular weight is 376 g/mol. The van der Waals surface area contributed by atoms with Gasteiger partial charge in [0, 0.05) is 17.6 Å². The Morgan fingerprint density at radius 2 is 2.30 bits per heavy atom. The molecule has 0 saturated carbocycles. The molecule has 0 bridgehead atoms. The van der Waals surface area contributed by atoms with Crippen LogP contribution in [-0.2, 0) is 22.5 Å². The van der Waals surface area contributed by atoms with Gasteiger partial charge in [0.15, 0.2) is 0 Å². The van der Waals surface area contributed by atoms with Crippen LogP contribution < -0.4 is 9.67 Å². The minimum Gasteiger partial charge on any atom is -0.469 e. The van der Waals surface area contributed by atoms with Crippen LogP contribution in [0.5, 0.6) is 0 Å². The Morgan fingerprint density at radius 1 is 1.52 bits per heavy atom. The lowest BCUT2D eigenvalue weighted by atomic mass is 10.3. The highest BCUT2D eigenvalue weighted by Gasteiger charge is 2.20. The number of nitrogens with zero attached hydrogens (tertiary/aromatic N) is 3. The van der Waals surface area contributed by atoms with Crippen molar-refractivity contribution in [2.75, 3.05) is 7.11 Å². The van der Waals surface area contributed by atoms with Crippen molar-refractivity contribution in [1.29, 1.82) is 0 Å². The number of esters is 1. The van der Waals surface area contributed by atoms with Gasteiger partial charge >= 0.3 is 10.8 Å².